The Morgan fingerprint density at radius 2 is 2.17 bits per heavy atom. The predicted molar refractivity (Wildman–Crippen MR) is 72.1 cm³/mol. The third-order valence-corrected chi connectivity index (χ3v) is 3.00. The molecule has 1 amide bonds. The second kappa shape index (κ2) is 7.19. The van der Waals surface area contributed by atoms with Gasteiger partial charge in [0.05, 0.1) is 12.6 Å². The molecule has 0 bridgehead atoms. The Bertz CT molecular complexity index is 265. The van der Waals surface area contributed by atoms with Crippen molar-refractivity contribution in [2.24, 2.45) is 0 Å². The van der Waals surface area contributed by atoms with Crippen LogP contribution in [0.4, 0.5) is 4.79 Å². The van der Waals surface area contributed by atoms with Crippen LogP contribution in [0, 0.1) is 0 Å². The van der Waals surface area contributed by atoms with Crippen molar-refractivity contribution in [2.45, 2.75) is 51.7 Å². The van der Waals surface area contributed by atoms with Crippen molar-refractivity contribution in [1.29, 1.82) is 0 Å². The van der Waals surface area contributed by atoms with Gasteiger partial charge < -0.3 is 14.4 Å². The Hall–Kier alpha value is -0.480. The molecule has 1 heterocycles. The molecule has 1 aliphatic rings. The van der Waals surface area contributed by atoms with Crippen molar-refractivity contribution in [1.82, 2.24) is 4.90 Å². The number of nitrogens with zero attached hydrogens (tertiary/aromatic N) is 1. The first-order valence-electron chi connectivity index (χ1n) is 6.57. The number of hydrogen-bond donors (Lipinski definition) is 0. The summed E-state index contributed by atoms with van der Waals surface area (Å²) >= 11 is 5.58. The molecule has 1 fully saturated rings. The highest BCUT2D eigenvalue weighted by Crippen LogP contribution is 2.21. The molecule has 0 aliphatic carbocycles. The molecule has 1 rings (SSSR count). The van der Waals surface area contributed by atoms with Crippen LogP contribution in [0.5, 0.6) is 0 Å². The smallest absolute Gasteiger partial charge is 0.410 e. The number of amides is 1. The van der Waals surface area contributed by atoms with Crippen LogP contribution in [0.15, 0.2) is 0 Å². The van der Waals surface area contributed by atoms with E-state index >= 15 is 0 Å². The van der Waals surface area contributed by atoms with Crippen molar-refractivity contribution in [3.8, 4) is 0 Å². The van der Waals surface area contributed by atoms with Gasteiger partial charge >= 0.3 is 6.09 Å². The van der Waals surface area contributed by atoms with Gasteiger partial charge in [-0.2, -0.15) is 0 Å². The highest BCUT2D eigenvalue weighted by atomic mass is 35.5. The molecule has 0 saturated carbocycles. The zero-order chi connectivity index (χ0) is 13.6. The van der Waals surface area contributed by atoms with Gasteiger partial charge in [-0.1, -0.05) is 0 Å². The monoisotopic (exact) mass is 277 g/mol. The standard InChI is InChI=1S/C13H24ClNO3/c1-13(2,3)18-12(16)15-8-4-6-11(15)10-17-9-5-7-14/h11H,4-10H2,1-3H3. The van der Waals surface area contributed by atoms with Gasteiger partial charge in [-0.05, 0) is 40.0 Å². The van der Waals surface area contributed by atoms with E-state index < -0.39 is 5.60 Å². The summed E-state index contributed by atoms with van der Waals surface area (Å²) in [5, 5.41) is 0. The second-order valence-electron chi connectivity index (χ2n) is 5.59. The summed E-state index contributed by atoms with van der Waals surface area (Å²) in [5.41, 5.74) is -0.441. The third-order valence-electron chi connectivity index (χ3n) is 2.74. The Morgan fingerprint density at radius 3 is 2.78 bits per heavy atom. The number of alkyl halides is 1. The summed E-state index contributed by atoms with van der Waals surface area (Å²) in [6, 6.07) is 0.148. The number of carbonyl (C=O) groups excluding carboxylic acids is 1. The molecular weight excluding hydrogens is 254 g/mol. The summed E-state index contributed by atoms with van der Waals surface area (Å²) in [4.78, 5) is 13.8. The number of halogens is 1. The topological polar surface area (TPSA) is 38.8 Å². The second-order valence-corrected chi connectivity index (χ2v) is 5.97. The van der Waals surface area contributed by atoms with Crippen molar-refractivity contribution < 1.29 is 14.3 Å². The van der Waals surface area contributed by atoms with Crippen LogP contribution >= 0.6 is 11.6 Å². The molecule has 0 aromatic rings. The number of ether oxygens (including phenoxy) is 2. The molecule has 4 nitrogen and oxygen atoms in total. The van der Waals surface area contributed by atoms with Crippen molar-refractivity contribution >= 4 is 17.7 Å². The molecule has 1 saturated heterocycles. The molecule has 106 valence electrons. The Labute approximate surface area is 115 Å². The summed E-state index contributed by atoms with van der Waals surface area (Å²) in [6.07, 6.45) is 2.62. The quantitative estimate of drug-likeness (QED) is 0.573. The average Bonchev–Trinajstić information content (AvgIpc) is 2.70. The SMILES string of the molecule is CC(C)(C)OC(=O)N1CCCC1COCCCCl. The molecule has 18 heavy (non-hydrogen) atoms. The summed E-state index contributed by atoms with van der Waals surface area (Å²) < 4.78 is 10.9. The van der Waals surface area contributed by atoms with Gasteiger partial charge in [-0.25, -0.2) is 4.79 Å². The van der Waals surface area contributed by atoms with Crippen LogP contribution < -0.4 is 0 Å². The Balaban J connectivity index is 2.36. The first kappa shape index (κ1) is 15.6. The summed E-state index contributed by atoms with van der Waals surface area (Å²) in [5.74, 6) is 0.612. The molecule has 0 aromatic carbocycles. The van der Waals surface area contributed by atoms with E-state index in [0.29, 0.717) is 19.1 Å². The van der Waals surface area contributed by atoms with E-state index in [9.17, 15) is 4.79 Å². The first-order chi connectivity index (χ1) is 8.44. The van der Waals surface area contributed by atoms with Gasteiger partial charge in [0.25, 0.3) is 0 Å². The zero-order valence-electron chi connectivity index (χ0n) is 11.6. The van der Waals surface area contributed by atoms with Gasteiger partial charge in [0.15, 0.2) is 0 Å². The Morgan fingerprint density at radius 1 is 1.44 bits per heavy atom. The minimum Gasteiger partial charge on any atom is -0.444 e. The fourth-order valence-electron chi connectivity index (χ4n) is 1.95. The fourth-order valence-corrected chi connectivity index (χ4v) is 2.05. The van der Waals surface area contributed by atoms with Crippen LogP contribution in [-0.4, -0.2) is 48.3 Å². The lowest BCUT2D eigenvalue weighted by Crippen LogP contribution is -2.41. The minimum absolute atomic E-state index is 0.148. The molecular formula is C13H24ClNO3. The number of hydrogen-bond acceptors (Lipinski definition) is 3. The molecule has 5 heteroatoms. The van der Waals surface area contributed by atoms with Gasteiger partial charge in [0, 0.05) is 19.0 Å². The van der Waals surface area contributed by atoms with Gasteiger partial charge in [-0.15, -0.1) is 11.6 Å². The number of likely N-dealkylation sites (tertiary alicyclic amines) is 1. The number of carbonyl (C=O) groups is 1. The lowest BCUT2D eigenvalue weighted by molar-refractivity contribution is 0.0107. The average molecular weight is 278 g/mol. The maximum atomic E-state index is 12.0. The van der Waals surface area contributed by atoms with E-state index in [1.807, 2.05) is 20.8 Å². The molecule has 1 unspecified atom stereocenters. The molecule has 0 radical (unpaired) electrons. The van der Waals surface area contributed by atoms with E-state index in [1.165, 1.54) is 0 Å². The maximum Gasteiger partial charge on any atom is 0.410 e. The summed E-state index contributed by atoms with van der Waals surface area (Å²) in [6.45, 7) is 7.64. The molecule has 1 aliphatic heterocycles. The lowest BCUT2D eigenvalue weighted by Gasteiger charge is -2.28. The molecule has 0 spiro atoms. The van der Waals surface area contributed by atoms with Crippen LogP contribution in [0.1, 0.15) is 40.0 Å². The molecule has 0 N–H and O–H groups in total. The van der Waals surface area contributed by atoms with E-state index in [4.69, 9.17) is 21.1 Å². The lowest BCUT2D eigenvalue weighted by atomic mass is 10.2. The van der Waals surface area contributed by atoms with Gasteiger partial charge in [0.2, 0.25) is 0 Å². The molecule has 1 atom stereocenters. The van der Waals surface area contributed by atoms with E-state index in [0.717, 1.165) is 25.8 Å². The minimum atomic E-state index is -0.441. The van der Waals surface area contributed by atoms with Crippen LogP contribution in [0.2, 0.25) is 0 Å². The maximum absolute atomic E-state index is 12.0. The fraction of sp³-hybridized carbons (Fsp3) is 0.923. The van der Waals surface area contributed by atoms with Gasteiger partial charge in [-0.3, -0.25) is 0 Å². The largest absolute Gasteiger partial charge is 0.444 e. The zero-order valence-corrected chi connectivity index (χ0v) is 12.3. The summed E-state index contributed by atoms with van der Waals surface area (Å²) in [7, 11) is 0. The van der Waals surface area contributed by atoms with Crippen molar-refractivity contribution in [3.63, 3.8) is 0 Å². The van der Waals surface area contributed by atoms with Crippen LogP contribution in [0.25, 0.3) is 0 Å². The van der Waals surface area contributed by atoms with Crippen LogP contribution in [-0.2, 0) is 9.47 Å². The number of rotatable bonds is 5. The van der Waals surface area contributed by atoms with Crippen LogP contribution in [0.3, 0.4) is 0 Å². The van der Waals surface area contributed by atoms with E-state index in [-0.39, 0.29) is 12.1 Å². The highest BCUT2D eigenvalue weighted by Gasteiger charge is 2.32. The van der Waals surface area contributed by atoms with Crippen molar-refractivity contribution in [3.05, 3.63) is 0 Å². The van der Waals surface area contributed by atoms with E-state index in [2.05, 4.69) is 0 Å². The van der Waals surface area contributed by atoms with Crippen molar-refractivity contribution in [2.75, 3.05) is 25.6 Å². The normalized spacial score (nSPS) is 20.2. The first-order valence-corrected chi connectivity index (χ1v) is 7.11. The molecule has 0 aromatic heterocycles. The Kier molecular flexibility index (Phi) is 6.22. The highest BCUT2D eigenvalue weighted by molar-refractivity contribution is 6.17. The predicted octanol–water partition coefficient (Wildman–Crippen LogP) is 3.03. The van der Waals surface area contributed by atoms with Gasteiger partial charge in [0.1, 0.15) is 5.60 Å². The third kappa shape index (κ3) is 5.44. The van der Waals surface area contributed by atoms with E-state index in [1.54, 1.807) is 4.90 Å².